The number of primary amides is 1. The van der Waals surface area contributed by atoms with Crippen molar-refractivity contribution in [3.63, 3.8) is 0 Å². The number of rotatable bonds is 5. The molecule has 0 unspecified atom stereocenters. The van der Waals surface area contributed by atoms with Crippen molar-refractivity contribution in [3.05, 3.63) is 77.1 Å². The smallest absolute Gasteiger partial charge is 0.256 e. The summed E-state index contributed by atoms with van der Waals surface area (Å²) in [5.41, 5.74) is 7.28. The van der Waals surface area contributed by atoms with E-state index in [9.17, 15) is 13.6 Å². The molecule has 0 saturated heterocycles. The lowest BCUT2D eigenvalue weighted by Gasteiger charge is -2.09. The molecule has 146 valence electrons. The van der Waals surface area contributed by atoms with E-state index in [0.29, 0.717) is 29.0 Å². The van der Waals surface area contributed by atoms with Crippen molar-refractivity contribution in [1.82, 2.24) is 19.7 Å². The standard InChI is InChI=1S/C20H16F2N6O/c1-11-5-15-16(19(23)29)7-14(22)8-17(15)28(11)20-26-18(10-25-27-20)24-9-12-3-2-4-13(21)6-12/h2-8,10H,9H2,1H3,(H2,23,29)(H,24,26,27). The molecule has 0 aliphatic heterocycles. The van der Waals surface area contributed by atoms with Crippen LogP contribution < -0.4 is 11.1 Å². The molecule has 0 saturated carbocycles. The predicted molar refractivity (Wildman–Crippen MR) is 104 cm³/mol. The number of carbonyl (C=O) groups is 1. The van der Waals surface area contributed by atoms with Crippen molar-refractivity contribution < 1.29 is 13.6 Å². The number of benzene rings is 2. The largest absolute Gasteiger partial charge is 0.366 e. The Morgan fingerprint density at radius 2 is 2.00 bits per heavy atom. The summed E-state index contributed by atoms with van der Waals surface area (Å²) in [7, 11) is 0. The summed E-state index contributed by atoms with van der Waals surface area (Å²) in [6.07, 6.45) is 1.43. The van der Waals surface area contributed by atoms with Crippen molar-refractivity contribution in [2.24, 2.45) is 5.73 Å². The van der Waals surface area contributed by atoms with Gasteiger partial charge in [0.15, 0.2) is 5.82 Å². The van der Waals surface area contributed by atoms with Gasteiger partial charge in [0.05, 0.1) is 17.3 Å². The Kier molecular flexibility index (Phi) is 4.63. The average Bonchev–Trinajstić information content (AvgIpc) is 3.01. The van der Waals surface area contributed by atoms with Crippen LogP contribution in [0.4, 0.5) is 14.6 Å². The van der Waals surface area contributed by atoms with E-state index < -0.39 is 11.7 Å². The van der Waals surface area contributed by atoms with Gasteiger partial charge in [-0.1, -0.05) is 12.1 Å². The second-order valence-electron chi connectivity index (χ2n) is 6.50. The Morgan fingerprint density at radius 3 is 2.76 bits per heavy atom. The number of aromatic nitrogens is 4. The van der Waals surface area contributed by atoms with E-state index in [1.807, 2.05) is 0 Å². The summed E-state index contributed by atoms with van der Waals surface area (Å²) in [6.45, 7) is 2.11. The van der Waals surface area contributed by atoms with Crippen LogP contribution in [0.15, 0.2) is 48.7 Å². The number of aryl methyl sites for hydroxylation is 1. The fraction of sp³-hybridized carbons (Fsp3) is 0.100. The van der Waals surface area contributed by atoms with Gasteiger partial charge in [-0.25, -0.2) is 8.78 Å². The molecule has 0 fully saturated rings. The van der Waals surface area contributed by atoms with Crippen LogP contribution >= 0.6 is 0 Å². The van der Waals surface area contributed by atoms with Crippen molar-refractivity contribution in [1.29, 1.82) is 0 Å². The van der Waals surface area contributed by atoms with Crippen molar-refractivity contribution >= 4 is 22.6 Å². The summed E-state index contributed by atoms with van der Waals surface area (Å²) in [5, 5.41) is 11.5. The van der Waals surface area contributed by atoms with Gasteiger partial charge in [0.1, 0.15) is 11.6 Å². The molecule has 7 nitrogen and oxygen atoms in total. The maximum atomic E-state index is 14.1. The first-order valence-electron chi connectivity index (χ1n) is 8.72. The van der Waals surface area contributed by atoms with Gasteiger partial charge in [0.2, 0.25) is 5.91 Å². The fourth-order valence-corrected chi connectivity index (χ4v) is 3.19. The Bertz CT molecular complexity index is 1240. The monoisotopic (exact) mass is 394 g/mol. The van der Waals surface area contributed by atoms with Gasteiger partial charge in [0.25, 0.3) is 5.95 Å². The van der Waals surface area contributed by atoms with Crippen molar-refractivity contribution in [2.45, 2.75) is 13.5 Å². The molecule has 4 aromatic rings. The second-order valence-corrected chi connectivity index (χ2v) is 6.50. The summed E-state index contributed by atoms with van der Waals surface area (Å²) < 4.78 is 29.0. The molecular formula is C20H16F2N6O. The molecule has 0 atom stereocenters. The van der Waals surface area contributed by atoms with E-state index in [1.54, 1.807) is 29.7 Å². The number of nitrogens with zero attached hydrogens (tertiary/aromatic N) is 4. The molecule has 29 heavy (non-hydrogen) atoms. The number of fused-ring (bicyclic) bond motifs is 1. The summed E-state index contributed by atoms with van der Waals surface area (Å²) in [5.74, 6) is -1.04. The molecule has 9 heteroatoms. The molecule has 0 spiro atoms. The fourth-order valence-electron chi connectivity index (χ4n) is 3.19. The number of hydrogen-bond acceptors (Lipinski definition) is 5. The number of anilines is 1. The van der Waals surface area contributed by atoms with E-state index in [-0.39, 0.29) is 17.3 Å². The highest BCUT2D eigenvalue weighted by atomic mass is 19.1. The Hall–Kier alpha value is -3.88. The molecule has 4 rings (SSSR count). The first-order chi connectivity index (χ1) is 13.9. The van der Waals surface area contributed by atoms with Crippen LogP contribution in [0.2, 0.25) is 0 Å². The number of carbonyl (C=O) groups excluding carboxylic acids is 1. The van der Waals surface area contributed by atoms with Crippen LogP contribution in [-0.2, 0) is 6.54 Å². The molecule has 0 radical (unpaired) electrons. The quantitative estimate of drug-likeness (QED) is 0.542. The van der Waals surface area contributed by atoms with E-state index in [2.05, 4.69) is 20.5 Å². The zero-order chi connectivity index (χ0) is 20.5. The van der Waals surface area contributed by atoms with Gasteiger partial charge >= 0.3 is 0 Å². The third-order valence-corrected chi connectivity index (χ3v) is 4.45. The minimum Gasteiger partial charge on any atom is -0.366 e. The topological polar surface area (TPSA) is 98.7 Å². The third kappa shape index (κ3) is 3.62. The van der Waals surface area contributed by atoms with Crippen LogP contribution in [0.3, 0.4) is 0 Å². The highest BCUT2D eigenvalue weighted by Crippen LogP contribution is 2.27. The molecule has 0 bridgehead atoms. The number of halogens is 2. The molecule has 3 N–H and O–H groups in total. The second kappa shape index (κ2) is 7.27. The molecule has 2 heterocycles. The maximum Gasteiger partial charge on any atom is 0.256 e. The van der Waals surface area contributed by atoms with E-state index >= 15 is 0 Å². The van der Waals surface area contributed by atoms with Gasteiger partial charge in [-0.15, -0.1) is 5.10 Å². The minimum atomic E-state index is -0.726. The van der Waals surface area contributed by atoms with Crippen LogP contribution in [0.25, 0.3) is 16.9 Å². The molecule has 0 aliphatic rings. The lowest BCUT2D eigenvalue weighted by atomic mass is 10.1. The predicted octanol–water partition coefficient (Wildman–Crippen LogP) is 3.11. The van der Waals surface area contributed by atoms with Crippen LogP contribution in [0.1, 0.15) is 21.6 Å². The Balaban J connectivity index is 1.72. The van der Waals surface area contributed by atoms with Gasteiger partial charge < -0.3 is 11.1 Å². The first kappa shape index (κ1) is 18.5. The molecule has 0 aliphatic carbocycles. The Morgan fingerprint density at radius 1 is 1.17 bits per heavy atom. The number of hydrogen-bond donors (Lipinski definition) is 2. The lowest BCUT2D eigenvalue weighted by molar-refractivity contribution is 0.100. The Labute approximate surface area is 164 Å². The molecule has 2 aromatic carbocycles. The van der Waals surface area contributed by atoms with E-state index in [4.69, 9.17) is 5.73 Å². The number of nitrogens with two attached hydrogens (primary N) is 1. The highest BCUT2D eigenvalue weighted by molar-refractivity contribution is 6.06. The lowest BCUT2D eigenvalue weighted by Crippen LogP contribution is -2.12. The summed E-state index contributed by atoms with van der Waals surface area (Å²) in [6, 6.07) is 10.3. The van der Waals surface area contributed by atoms with Crippen LogP contribution in [-0.4, -0.2) is 25.7 Å². The zero-order valence-corrected chi connectivity index (χ0v) is 15.4. The normalized spacial score (nSPS) is 11.0. The number of amides is 1. The van der Waals surface area contributed by atoms with E-state index in [0.717, 1.165) is 11.6 Å². The maximum absolute atomic E-state index is 14.1. The van der Waals surface area contributed by atoms with Gasteiger partial charge in [0, 0.05) is 17.6 Å². The van der Waals surface area contributed by atoms with Gasteiger partial charge in [-0.05, 0) is 42.8 Å². The van der Waals surface area contributed by atoms with Crippen LogP contribution in [0.5, 0.6) is 0 Å². The molecule has 2 aromatic heterocycles. The summed E-state index contributed by atoms with van der Waals surface area (Å²) in [4.78, 5) is 16.1. The van der Waals surface area contributed by atoms with Crippen molar-refractivity contribution in [2.75, 3.05) is 5.32 Å². The first-order valence-corrected chi connectivity index (χ1v) is 8.72. The summed E-state index contributed by atoms with van der Waals surface area (Å²) >= 11 is 0. The van der Waals surface area contributed by atoms with E-state index in [1.165, 1.54) is 24.4 Å². The SMILES string of the molecule is Cc1cc2c(C(N)=O)cc(F)cc2n1-c1nncc(NCc2cccc(F)c2)n1. The third-order valence-electron chi connectivity index (χ3n) is 4.45. The van der Waals surface area contributed by atoms with Crippen LogP contribution in [0, 0.1) is 18.6 Å². The number of nitrogens with one attached hydrogen (secondary N) is 1. The van der Waals surface area contributed by atoms with Gasteiger partial charge in [-0.3, -0.25) is 9.36 Å². The highest BCUT2D eigenvalue weighted by Gasteiger charge is 2.17. The zero-order valence-electron chi connectivity index (χ0n) is 15.4. The molecule has 1 amide bonds. The van der Waals surface area contributed by atoms with Crippen molar-refractivity contribution in [3.8, 4) is 5.95 Å². The minimum absolute atomic E-state index is 0.0789. The van der Waals surface area contributed by atoms with Gasteiger partial charge in [-0.2, -0.15) is 10.1 Å². The average molecular weight is 394 g/mol. The molecular weight excluding hydrogens is 378 g/mol.